The van der Waals surface area contributed by atoms with Gasteiger partial charge in [-0.3, -0.25) is 0 Å². The first kappa shape index (κ1) is 13.2. The van der Waals surface area contributed by atoms with Crippen LogP contribution in [0, 0.1) is 11.6 Å². The third-order valence-electron chi connectivity index (χ3n) is 2.27. The van der Waals surface area contributed by atoms with Crippen LogP contribution in [0.3, 0.4) is 0 Å². The first-order valence-electron chi connectivity index (χ1n) is 5.06. The van der Waals surface area contributed by atoms with Crippen LogP contribution in [0.2, 0.25) is 5.02 Å². The summed E-state index contributed by atoms with van der Waals surface area (Å²) in [5, 5.41) is 3.37. The minimum absolute atomic E-state index is 0.144. The van der Waals surface area contributed by atoms with Crippen LogP contribution in [0.4, 0.5) is 14.6 Å². The van der Waals surface area contributed by atoms with Gasteiger partial charge in [0.25, 0.3) is 0 Å². The van der Waals surface area contributed by atoms with Gasteiger partial charge < -0.3 is 5.32 Å². The first-order valence-corrected chi connectivity index (χ1v) is 6.23. The Labute approximate surface area is 116 Å². The highest BCUT2D eigenvalue weighted by molar-refractivity contribution is 9.10. The molecule has 18 heavy (non-hydrogen) atoms. The van der Waals surface area contributed by atoms with E-state index in [0.717, 1.165) is 18.2 Å². The van der Waals surface area contributed by atoms with E-state index in [9.17, 15) is 8.78 Å². The average Bonchev–Trinajstić information content (AvgIpc) is 2.34. The lowest BCUT2D eigenvalue weighted by Crippen LogP contribution is -2.04. The summed E-state index contributed by atoms with van der Waals surface area (Å²) in [4.78, 5) is 4.10. The van der Waals surface area contributed by atoms with Gasteiger partial charge in [-0.25, -0.2) is 13.8 Å². The molecule has 6 heteroatoms. The second-order valence-electron chi connectivity index (χ2n) is 3.56. The number of nitrogens with zero attached hydrogens (tertiary/aromatic N) is 1. The third kappa shape index (κ3) is 3.17. The van der Waals surface area contributed by atoms with Crippen molar-refractivity contribution in [2.45, 2.75) is 6.54 Å². The predicted molar refractivity (Wildman–Crippen MR) is 70.6 cm³/mol. The highest BCUT2D eigenvalue weighted by Crippen LogP contribution is 2.22. The highest BCUT2D eigenvalue weighted by atomic mass is 79.9. The summed E-state index contributed by atoms with van der Waals surface area (Å²) < 4.78 is 26.8. The van der Waals surface area contributed by atoms with Crippen LogP contribution in [0.5, 0.6) is 0 Å². The second-order valence-corrected chi connectivity index (χ2v) is 4.72. The molecular weight excluding hydrogens is 325 g/mol. The third-order valence-corrected chi connectivity index (χ3v) is 3.41. The number of rotatable bonds is 3. The van der Waals surface area contributed by atoms with E-state index < -0.39 is 11.6 Å². The van der Waals surface area contributed by atoms with Crippen LogP contribution in [0.25, 0.3) is 0 Å². The van der Waals surface area contributed by atoms with Gasteiger partial charge >= 0.3 is 0 Å². The number of hydrogen-bond donors (Lipinski definition) is 1. The SMILES string of the molecule is Fc1ccc(F)c(CNc2ccc(Cl)c(Br)n2)c1. The van der Waals surface area contributed by atoms with Gasteiger partial charge in [0.05, 0.1) is 5.02 Å². The fourth-order valence-electron chi connectivity index (χ4n) is 1.38. The average molecular weight is 334 g/mol. The fraction of sp³-hybridized carbons (Fsp3) is 0.0833. The van der Waals surface area contributed by atoms with Crippen LogP contribution in [-0.2, 0) is 6.54 Å². The van der Waals surface area contributed by atoms with E-state index in [1.807, 2.05) is 0 Å². The summed E-state index contributed by atoms with van der Waals surface area (Å²) in [5.74, 6) is -0.412. The molecular formula is C12H8BrClF2N2. The maximum Gasteiger partial charge on any atom is 0.128 e. The molecule has 1 aromatic carbocycles. The Balaban J connectivity index is 2.11. The molecule has 0 spiro atoms. The Kier molecular flexibility index (Phi) is 4.14. The summed E-state index contributed by atoms with van der Waals surface area (Å²) in [6.45, 7) is 0.144. The Hall–Kier alpha value is -1.20. The van der Waals surface area contributed by atoms with Crippen LogP contribution >= 0.6 is 27.5 Å². The van der Waals surface area contributed by atoms with Gasteiger partial charge in [-0.15, -0.1) is 0 Å². The largest absolute Gasteiger partial charge is 0.366 e. The molecule has 2 nitrogen and oxygen atoms in total. The van der Waals surface area contributed by atoms with E-state index in [1.165, 1.54) is 0 Å². The quantitative estimate of drug-likeness (QED) is 0.843. The molecule has 1 aromatic heterocycles. The molecule has 0 aliphatic rings. The lowest BCUT2D eigenvalue weighted by molar-refractivity contribution is 0.587. The minimum Gasteiger partial charge on any atom is -0.366 e. The zero-order chi connectivity index (χ0) is 13.1. The molecule has 0 aliphatic carbocycles. The molecule has 0 radical (unpaired) electrons. The zero-order valence-electron chi connectivity index (χ0n) is 9.05. The smallest absolute Gasteiger partial charge is 0.128 e. The number of pyridine rings is 1. The maximum absolute atomic E-state index is 13.4. The van der Waals surface area contributed by atoms with Gasteiger partial charge in [0.2, 0.25) is 0 Å². The molecule has 94 valence electrons. The van der Waals surface area contributed by atoms with Crippen LogP contribution in [-0.4, -0.2) is 4.98 Å². The van der Waals surface area contributed by atoms with E-state index in [-0.39, 0.29) is 12.1 Å². The van der Waals surface area contributed by atoms with Gasteiger partial charge in [-0.2, -0.15) is 0 Å². The number of hydrogen-bond acceptors (Lipinski definition) is 2. The van der Waals surface area contributed by atoms with Crippen LogP contribution < -0.4 is 5.32 Å². The molecule has 1 N–H and O–H groups in total. The van der Waals surface area contributed by atoms with Gasteiger partial charge in [0.1, 0.15) is 22.1 Å². The molecule has 0 fully saturated rings. The van der Waals surface area contributed by atoms with E-state index in [0.29, 0.717) is 15.4 Å². The number of benzene rings is 1. The lowest BCUT2D eigenvalue weighted by Gasteiger charge is -2.07. The Morgan fingerprint density at radius 3 is 2.72 bits per heavy atom. The van der Waals surface area contributed by atoms with Crippen molar-refractivity contribution in [3.63, 3.8) is 0 Å². The van der Waals surface area contributed by atoms with Crippen LogP contribution in [0.15, 0.2) is 34.9 Å². The molecule has 0 atom stereocenters. The van der Waals surface area contributed by atoms with Gasteiger partial charge in [-0.1, -0.05) is 11.6 Å². The van der Waals surface area contributed by atoms with Crippen molar-refractivity contribution in [3.05, 3.63) is 57.2 Å². The fourth-order valence-corrected chi connectivity index (χ4v) is 1.81. The van der Waals surface area contributed by atoms with Crippen molar-refractivity contribution >= 4 is 33.3 Å². The van der Waals surface area contributed by atoms with E-state index in [1.54, 1.807) is 12.1 Å². The number of halogens is 4. The predicted octanol–water partition coefficient (Wildman–Crippen LogP) is 4.39. The molecule has 0 saturated carbocycles. The van der Waals surface area contributed by atoms with Crippen molar-refractivity contribution in [2.24, 2.45) is 0 Å². The molecule has 2 aromatic rings. The highest BCUT2D eigenvalue weighted by Gasteiger charge is 2.05. The molecule has 0 aliphatic heterocycles. The summed E-state index contributed by atoms with van der Waals surface area (Å²) in [5.41, 5.74) is 0.239. The number of anilines is 1. The Bertz CT molecular complexity index is 578. The minimum atomic E-state index is -0.474. The van der Waals surface area contributed by atoms with Crippen molar-refractivity contribution in [1.82, 2.24) is 4.98 Å². The van der Waals surface area contributed by atoms with E-state index in [4.69, 9.17) is 11.6 Å². The van der Waals surface area contributed by atoms with Crippen molar-refractivity contribution in [3.8, 4) is 0 Å². The zero-order valence-corrected chi connectivity index (χ0v) is 11.4. The Morgan fingerprint density at radius 1 is 1.22 bits per heavy atom. The monoisotopic (exact) mass is 332 g/mol. The molecule has 1 heterocycles. The summed E-state index contributed by atoms with van der Waals surface area (Å²) in [6, 6.07) is 6.63. The standard InChI is InChI=1S/C12H8BrClF2N2/c13-12-9(14)2-4-11(18-12)17-6-7-5-8(15)1-3-10(7)16/h1-5H,6H2,(H,17,18). The topological polar surface area (TPSA) is 24.9 Å². The van der Waals surface area contributed by atoms with E-state index >= 15 is 0 Å². The molecule has 0 saturated heterocycles. The Morgan fingerprint density at radius 2 is 2.00 bits per heavy atom. The lowest BCUT2D eigenvalue weighted by atomic mass is 10.2. The summed E-state index contributed by atoms with van der Waals surface area (Å²) >= 11 is 8.98. The van der Waals surface area contributed by atoms with Crippen molar-refractivity contribution in [2.75, 3.05) is 5.32 Å². The van der Waals surface area contributed by atoms with Crippen molar-refractivity contribution < 1.29 is 8.78 Å². The number of aromatic nitrogens is 1. The second kappa shape index (κ2) is 5.63. The van der Waals surface area contributed by atoms with Gasteiger partial charge in [-0.05, 0) is 46.3 Å². The molecule has 0 bridgehead atoms. The van der Waals surface area contributed by atoms with Crippen LogP contribution in [0.1, 0.15) is 5.56 Å². The molecule has 0 unspecified atom stereocenters. The summed E-state index contributed by atoms with van der Waals surface area (Å²) in [6.07, 6.45) is 0. The first-order chi connectivity index (χ1) is 8.56. The van der Waals surface area contributed by atoms with Crippen molar-refractivity contribution in [1.29, 1.82) is 0 Å². The molecule has 0 amide bonds. The van der Waals surface area contributed by atoms with Gasteiger partial charge in [0, 0.05) is 12.1 Å². The summed E-state index contributed by atoms with van der Waals surface area (Å²) in [7, 11) is 0. The van der Waals surface area contributed by atoms with E-state index in [2.05, 4.69) is 26.2 Å². The maximum atomic E-state index is 13.4. The normalized spacial score (nSPS) is 10.4. The molecule has 2 rings (SSSR count). The number of nitrogens with one attached hydrogen (secondary N) is 1. The van der Waals surface area contributed by atoms with Gasteiger partial charge in [0.15, 0.2) is 0 Å².